The zero-order chi connectivity index (χ0) is 15.5. The Bertz CT molecular complexity index is 570. The average molecular weight is 312 g/mol. The van der Waals surface area contributed by atoms with Crippen LogP contribution in [0.15, 0.2) is 48.8 Å². The van der Waals surface area contributed by atoms with Gasteiger partial charge in [0.1, 0.15) is 12.2 Å². The first-order valence-electron chi connectivity index (χ1n) is 8.04. The van der Waals surface area contributed by atoms with Crippen molar-refractivity contribution in [3.05, 3.63) is 60.2 Å². The molecule has 4 rings (SSSR count). The smallest absolute Gasteiger partial charge is 0.122 e. The van der Waals surface area contributed by atoms with E-state index in [4.69, 9.17) is 9.68 Å². The summed E-state index contributed by atoms with van der Waals surface area (Å²) < 4.78 is 0. The van der Waals surface area contributed by atoms with Gasteiger partial charge in [-0.2, -0.15) is 10.1 Å². The summed E-state index contributed by atoms with van der Waals surface area (Å²) in [6.45, 7) is 2.41. The molecule has 0 spiro atoms. The van der Waals surface area contributed by atoms with Crippen molar-refractivity contribution in [2.24, 2.45) is 0 Å². The Balaban J connectivity index is 1.30. The van der Waals surface area contributed by atoms with Gasteiger partial charge in [0.05, 0.1) is 18.1 Å². The lowest BCUT2D eigenvalue weighted by atomic mass is 10.2. The zero-order valence-corrected chi connectivity index (χ0v) is 12.9. The van der Waals surface area contributed by atoms with E-state index in [0.717, 1.165) is 37.3 Å². The first-order chi connectivity index (χ1) is 11.4. The van der Waals surface area contributed by atoms with Crippen molar-refractivity contribution in [2.75, 3.05) is 19.8 Å². The maximum Gasteiger partial charge on any atom is 0.122 e. The maximum absolute atomic E-state index is 5.98. The van der Waals surface area contributed by atoms with Gasteiger partial charge in [0.15, 0.2) is 0 Å². The van der Waals surface area contributed by atoms with Gasteiger partial charge < -0.3 is 0 Å². The molecule has 120 valence electrons. The van der Waals surface area contributed by atoms with E-state index >= 15 is 0 Å². The molecule has 2 atom stereocenters. The third kappa shape index (κ3) is 3.40. The molecule has 6 heteroatoms. The highest BCUT2D eigenvalue weighted by molar-refractivity contribution is 5.08. The lowest BCUT2D eigenvalue weighted by Gasteiger charge is -2.22. The molecule has 23 heavy (non-hydrogen) atoms. The average Bonchev–Trinajstić information content (AvgIpc) is 3.27. The monoisotopic (exact) mass is 312 g/mol. The van der Waals surface area contributed by atoms with Crippen LogP contribution in [0.5, 0.6) is 0 Å². The zero-order valence-electron chi connectivity index (χ0n) is 12.9. The number of hydroxylamine groups is 4. The predicted octanol–water partition coefficient (Wildman–Crippen LogP) is 2.49. The Labute approximate surface area is 135 Å². The van der Waals surface area contributed by atoms with Crippen LogP contribution in [0.2, 0.25) is 0 Å². The van der Waals surface area contributed by atoms with Gasteiger partial charge in [-0.3, -0.25) is 19.6 Å². The summed E-state index contributed by atoms with van der Waals surface area (Å²) in [5.74, 6) is 0. The standard InChI is InChI=1S/C17H20N4O2/c1-3-9-18-14(5-1)16-7-11-20(22-16)13-21-12-8-17(23-21)15-6-2-4-10-19-15/h1-6,9-10,16-17H,7-8,11-13H2. The summed E-state index contributed by atoms with van der Waals surface area (Å²) >= 11 is 0. The molecule has 0 N–H and O–H groups in total. The van der Waals surface area contributed by atoms with Crippen molar-refractivity contribution in [3.63, 3.8) is 0 Å². The summed E-state index contributed by atoms with van der Waals surface area (Å²) in [5.41, 5.74) is 1.98. The van der Waals surface area contributed by atoms with Crippen LogP contribution in [-0.4, -0.2) is 39.9 Å². The highest BCUT2D eigenvalue weighted by Crippen LogP contribution is 2.30. The van der Waals surface area contributed by atoms with E-state index in [1.165, 1.54) is 0 Å². The summed E-state index contributed by atoms with van der Waals surface area (Å²) in [7, 11) is 0. The van der Waals surface area contributed by atoms with E-state index in [9.17, 15) is 0 Å². The van der Waals surface area contributed by atoms with Gasteiger partial charge in [0, 0.05) is 25.5 Å². The predicted molar refractivity (Wildman–Crippen MR) is 83.6 cm³/mol. The summed E-state index contributed by atoms with van der Waals surface area (Å²) in [6.07, 6.45) is 5.61. The number of aromatic nitrogens is 2. The van der Waals surface area contributed by atoms with Crippen LogP contribution in [0.1, 0.15) is 36.4 Å². The number of rotatable bonds is 4. The minimum absolute atomic E-state index is 0.0467. The minimum Gasteiger partial charge on any atom is -0.288 e. The molecule has 2 saturated heterocycles. The van der Waals surface area contributed by atoms with Crippen LogP contribution in [0.4, 0.5) is 0 Å². The van der Waals surface area contributed by atoms with Gasteiger partial charge in [-0.25, -0.2) is 0 Å². The van der Waals surface area contributed by atoms with Crippen LogP contribution in [0.3, 0.4) is 0 Å². The Morgan fingerprint density at radius 2 is 1.35 bits per heavy atom. The molecule has 6 nitrogen and oxygen atoms in total. The summed E-state index contributed by atoms with van der Waals surface area (Å²) in [4.78, 5) is 20.7. The third-order valence-electron chi connectivity index (χ3n) is 4.18. The van der Waals surface area contributed by atoms with Crippen LogP contribution < -0.4 is 0 Å². The minimum atomic E-state index is 0.0467. The molecule has 2 fully saturated rings. The highest BCUT2D eigenvalue weighted by Gasteiger charge is 2.31. The van der Waals surface area contributed by atoms with Crippen LogP contribution >= 0.6 is 0 Å². The Morgan fingerprint density at radius 1 is 0.826 bits per heavy atom. The largest absolute Gasteiger partial charge is 0.288 e. The molecule has 4 heterocycles. The third-order valence-corrected chi connectivity index (χ3v) is 4.18. The molecule has 2 aliphatic heterocycles. The van der Waals surface area contributed by atoms with Crippen LogP contribution in [-0.2, 0) is 9.68 Å². The topological polar surface area (TPSA) is 50.7 Å². The molecule has 0 aromatic carbocycles. The normalized spacial score (nSPS) is 25.9. The van der Waals surface area contributed by atoms with Gasteiger partial charge in [-0.05, 0) is 37.1 Å². The Morgan fingerprint density at radius 3 is 1.78 bits per heavy atom. The molecule has 2 aromatic rings. The van der Waals surface area contributed by atoms with Crippen molar-refractivity contribution < 1.29 is 9.68 Å². The first-order valence-corrected chi connectivity index (χ1v) is 8.04. The van der Waals surface area contributed by atoms with Crippen LogP contribution in [0, 0.1) is 0 Å². The molecule has 0 saturated carbocycles. The molecular formula is C17H20N4O2. The second-order valence-electron chi connectivity index (χ2n) is 5.83. The van der Waals surface area contributed by atoms with Crippen molar-refractivity contribution in [1.29, 1.82) is 0 Å². The van der Waals surface area contributed by atoms with Crippen LogP contribution in [0.25, 0.3) is 0 Å². The van der Waals surface area contributed by atoms with E-state index in [1.807, 2.05) is 58.9 Å². The van der Waals surface area contributed by atoms with E-state index in [2.05, 4.69) is 9.97 Å². The molecule has 0 amide bonds. The Hall–Kier alpha value is -1.86. The molecule has 0 bridgehead atoms. The second-order valence-corrected chi connectivity index (χ2v) is 5.83. The second kappa shape index (κ2) is 6.72. The molecule has 2 unspecified atom stereocenters. The van der Waals surface area contributed by atoms with Gasteiger partial charge in [-0.15, -0.1) is 0 Å². The van der Waals surface area contributed by atoms with Gasteiger partial charge in [0.2, 0.25) is 0 Å². The van der Waals surface area contributed by atoms with Crippen molar-refractivity contribution in [2.45, 2.75) is 25.0 Å². The molecular weight excluding hydrogens is 292 g/mol. The fourth-order valence-electron chi connectivity index (χ4n) is 3.01. The fourth-order valence-corrected chi connectivity index (χ4v) is 3.01. The van der Waals surface area contributed by atoms with Crippen molar-refractivity contribution >= 4 is 0 Å². The van der Waals surface area contributed by atoms with E-state index in [1.54, 1.807) is 0 Å². The van der Waals surface area contributed by atoms with Gasteiger partial charge in [0.25, 0.3) is 0 Å². The summed E-state index contributed by atoms with van der Waals surface area (Å²) in [6, 6.07) is 11.9. The number of nitrogens with zero attached hydrogens (tertiary/aromatic N) is 4. The Kier molecular flexibility index (Phi) is 4.30. The SMILES string of the molecule is c1ccc(C2CCN(CN3CCC(c4ccccn4)O3)O2)nc1. The fraction of sp³-hybridized carbons (Fsp3) is 0.412. The number of hydrogen-bond acceptors (Lipinski definition) is 6. The van der Waals surface area contributed by atoms with Crippen molar-refractivity contribution in [1.82, 2.24) is 20.1 Å². The van der Waals surface area contributed by atoms with E-state index < -0.39 is 0 Å². The first kappa shape index (κ1) is 14.7. The molecule has 0 radical (unpaired) electrons. The maximum atomic E-state index is 5.98. The number of pyridine rings is 2. The quantitative estimate of drug-likeness (QED) is 0.864. The van der Waals surface area contributed by atoms with Gasteiger partial charge >= 0.3 is 0 Å². The number of hydrogen-bond donors (Lipinski definition) is 0. The van der Waals surface area contributed by atoms with E-state index in [-0.39, 0.29) is 12.2 Å². The lowest BCUT2D eigenvalue weighted by molar-refractivity contribution is -0.241. The summed E-state index contributed by atoms with van der Waals surface area (Å²) in [5, 5.41) is 3.92. The molecule has 0 aliphatic carbocycles. The lowest BCUT2D eigenvalue weighted by Crippen LogP contribution is -2.33. The highest BCUT2D eigenvalue weighted by atomic mass is 16.7. The van der Waals surface area contributed by atoms with E-state index in [0.29, 0.717) is 6.67 Å². The van der Waals surface area contributed by atoms with Crippen molar-refractivity contribution in [3.8, 4) is 0 Å². The molecule has 2 aliphatic rings. The molecule has 2 aromatic heterocycles. The van der Waals surface area contributed by atoms with Gasteiger partial charge in [-0.1, -0.05) is 12.1 Å².